The van der Waals surface area contributed by atoms with Gasteiger partial charge in [0, 0.05) is 25.3 Å². The van der Waals surface area contributed by atoms with Crippen LogP contribution in [-0.4, -0.2) is 46.5 Å². The van der Waals surface area contributed by atoms with Crippen molar-refractivity contribution < 1.29 is 28.4 Å². The summed E-state index contributed by atoms with van der Waals surface area (Å²) >= 11 is 2.40. The standard InChI is InChI=1S/C20H31IO6/c1-14(8-7-11-21)9-10-16-15(2)17(26-12-22-3)19(24-5)20(25-6)18(16)27-13-23-4/h9H,7-8,10-13H2,1-6H3/b14-9+. The SMILES string of the molecule is COCOc1c(C)c(C/C=C(\C)CCCI)c(OCOC)c(OC)c1OC. The molecule has 0 saturated carbocycles. The van der Waals surface area contributed by atoms with Crippen LogP contribution in [0.25, 0.3) is 0 Å². The Hall–Kier alpha value is -1.19. The second-order valence-electron chi connectivity index (χ2n) is 5.98. The average Bonchev–Trinajstić information content (AvgIpc) is 2.68. The zero-order chi connectivity index (χ0) is 20.2. The van der Waals surface area contributed by atoms with Gasteiger partial charge in [-0.1, -0.05) is 34.2 Å². The van der Waals surface area contributed by atoms with Gasteiger partial charge >= 0.3 is 0 Å². The summed E-state index contributed by atoms with van der Waals surface area (Å²) in [7, 11) is 6.32. The van der Waals surface area contributed by atoms with Crippen molar-refractivity contribution in [3.05, 3.63) is 22.8 Å². The highest BCUT2D eigenvalue weighted by Crippen LogP contribution is 2.49. The van der Waals surface area contributed by atoms with Gasteiger partial charge in [-0.05, 0) is 37.5 Å². The normalized spacial score (nSPS) is 11.4. The Bertz CT molecular complexity index is 615. The van der Waals surface area contributed by atoms with Crippen molar-refractivity contribution in [1.82, 2.24) is 0 Å². The fourth-order valence-corrected chi connectivity index (χ4v) is 3.11. The number of allylic oxidation sites excluding steroid dienone is 2. The van der Waals surface area contributed by atoms with Crippen LogP contribution in [0.15, 0.2) is 11.6 Å². The summed E-state index contributed by atoms with van der Waals surface area (Å²) < 4.78 is 34.1. The number of halogens is 1. The molecule has 1 aromatic rings. The third-order valence-electron chi connectivity index (χ3n) is 4.10. The molecule has 0 aliphatic carbocycles. The van der Waals surface area contributed by atoms with Gasteiger partial charge in [0.2, 0.25) is 11.5 Å². The van der Waals surface area contributed by atoms with Gasteiger partial charge in [0.05, 0.1) is 14.2 Å². The molecule has 0 amide bonds. The average molecular weight is 494 g/mol. The van der Waals surface area contributed by atoms with Crippen LogP contribution in [0.1, 0.15) is 30.9 Å². The van der Waals surface area contributed by atoms with Crippen LogP contribution in [0.4, 0.5) is 0 Å². The Balaban J connectivity index is 3.45. The van der Waals surface area contributed by atoms with Crippen LogP contribution in [0, 0.1) is 6.92 Å². The minimum Gasteiger partial charge on any atom is -0.490 e. The van der Waals surface area contributed by atoms with Crippen molar-refractivity contribution in [1.29, 1.82) is 0 Å². The van der Waals surface area contributed by atoms with E-state index in [1.807, 2.05) is 6.92 Å². The molecule has 6 nitrogen and oxygen atoms in total. The topological polar surface area (TPSA) is 55.4 Å². The van der Waals surface area contributed by atoms with Gasteiger partial charge < -0.3 is 28.4 Å². The van der Waals surface area contributed by atoms with E-state index in [9.17, 15) is 0 Å². The molecule has 0 aliphatic heterocycles. The highest BCUT2D eigenvalue weighted by Gasteiger charge is 2.25. The van der Waals surface area contributed by atoms with Gasteiger partial charge in [0.25, 0.3) is 0 Å². The smallest absolute Gasteiger partial charge is 0.207 e. The summed E-state index contributed by atoms with van der Waals surface area (Å²) in [6.07, 6.45) is 5.17. The van der Waals surface area contributed by atoms with Gasteiger partial charge in [-0.3, -0.25) is 0 Å². The van der Waals surface area contributed by atoms with Crippen molar-refractivity contribution >= 4 is 22.6 Å². The van der Waals surface area contributed by atoms with Crippen LogP contribution in [0.5, 0.6) is 23.0 Å². The molecule has 0 unspecified atom stereocenters. The van der Waals surface area contributed by atoms with E-state index in [1.54, 1.807) is 28.4 Å². The van der Waals surface area contributed by atoms with Gasteiger partial charge in [0.15, 0.2) is 25.1 Å². The number of hydrogen-bond acceptors (Lipinski definition) is 6. The predicted octanol–water partition coefficient (Wildman–Crippen LogP) is 4.68. The molecule has 0 aliphatic rings. The quantitative estimate of drug-likeness (QED) is 0.172. The minimum atomic E-state index is 0.113. The Morgan fingerprint density at radius 2 is 1.44 bits per heavy atom. The molecule has 0 fully saturated rings. The van der Waals surface area contributed by atoms with Gasteiger partial charge in [0.1, 0.15) is 0 Å². The molecule has 1 rings (SSSR count). The van der Waals surface area contributed by atoms with Crippen molar-refractivity contribution in [3.63, 3.8) is 0 Å². The molecule has 1 aromatic carbocycles. The number of alkyl halides is 1. The van der Waals surface area contributed by atoms with Crippen LogP contribution < -0.4 is 18.9 Å². The molecule has 0 radical (unpaired) electrons. The summed E-state index contributed by atoms with van der Waals surface area (Å²) in [5, 5.41) is 0. The second-order valence-corrected chi connectivity index (χ2v) is 7.06. The van der Waals surface area contributed by atoms with E-state index in [0.29, 0.717) is 29.4 Å². The molecule has 7 heteroatoms. The summed E-state index contributed by atoms with van der Waals surface area (Å²) in [4.78, 5) is 0. The lowest BCUT2D eigenvalue weighted by atomic mass is 9.99. The van der Waals surface area contributed by atoms with Crippen LogP contribution in [0.3, 0.4) is 0 Å². The largest absolute Gasteiger partial charge is 0.490 e. The van der Waals surface area contributed by atoms with E-state index in [4.69, 9.17) is 28.4 Å². The second kappa shape index (κ2) is 13.1. The summed E-state index contributed by atoms with van der Waals surface area (Å²) in [5.41, 5.74) is 3.25. The molecule has 27 heavy (non-hydrogen) atoms. The molecular weight excluding hydrogens is 463 g/mol. The molecule has 0 spiro atoms. The number of ether oxygens (including phenoxy) is 6. The zero-order valence-corrected chi connectivity index (χ0v) is 19.3. The fraction of sp³-hybridized carbons (Fsp3) is 0.600. The van der Waals surface area contributed by atoms with Crippen LogP contribution in [0.2, 0.25) is 0 Å². The van der Waals surface area contributed by atoms with Gasteiger partial charge in [-0.15, -0.1) is 0 Å². The molecule has 0 bridgehead atoms. The van der Waals surface area contributed by atoms with E-state index in [-0.39, 0.29) is 13.6 Å². The maximum absolute atomic E-state index is 5.86. The summed E-state index contributed by atoms with van der Waals surface area (Å²) in [5.74, 6) is 2.16. The molecule has 154 valence electrons. The predicted molar refractivity (Wildman–Crippen MR) is 115 cm³/mol. The first kappa shape index (κ1) is 23.8. The van der Waals surface area contributed by atoms with Crippen molar-refractivity contribution in [2.75, 3.05) is 46.5 Å². The Labute approximate surface area is 176 Å². The molecular formula is C20H31IO6. The number of hydrogen-bond donors (Lipinski definition) is 0. The highest BCUT2D eigenvalue weighted by molar-refractivity contribution is 14.1. The van der Waals surface area contributed by atoms with Crippen molar-refractivity contribution in [2.45, 2.75) is 33.1 Å². The zero-order valence-electron chi connectivity index (χ0n) is 17.1. The first-order valence-electron chi connectivity index (χ1n) is 8.78. The van der Waals surface area contributed by atoms with E-state index >= 15 is 0 Å². The summed E-state index contributed by atoms with van der Waals surface area (Å²) in [6.45, 7) is 4.36. The fourth-order valence-electron chi connectivity index (χ4n) is 2.72. The van der Waals surface area contributed by atoms with E-state index < -0.39 is 0 Å². The molecule has 0 saturated heterocycles. The molecule has 0 N–H and O–H groups in total. The Morgan fingerprint density at radius 3 is 1.96 bits per heavy atom. The lowest BCUT2D eigenvalue weighted by molar-refractivity contribution is 0.0439. The minimum absolute atomic E-state index is 0.113. The lowest BCUT2D eigenvalue weighted by Gasteiger charge is -2.22. The lowest BCUT2D eigenvalue weighted by Crippen LogP contribution is -2.10. The number of rotatable bonds is 13. The van der Waals surface area contributed by atoms with Crippen LogP contribution in [-0.2, 0) is 15.9 Å². The van der Waals surface area contributed by atoms with E-state index in [0.717, 1.165) is 22.0 Å². The monoisotopic (exact) mass is 494 g/mol. The maximum atomic E-state index is 5.86. The Kier molecular flexibility index (Phi) is 11.5. The van der Waals surface area contributed by atoms with Gasteiger partial charge in [-0.25, -0.2) is 0 Å². The van der Waals surface area contributed by atoms with Gasteiger partial charge in [-0.2, -0.15) is 0 Å². The number of methoxy groups -OCH3 is 4. The molecule has 0 aromatic heterocycles. The molecule has 0 heterocycles. The maximum Gasteiger partial charge on any atom is 0.207 e. The van der Waals surface area contributed by atoms with E-state index in [1.165, 1.54) is 12.0 Å². The van der Waals surface area contributed by atoms with Crippen molar-refractivity contribution in [2.24, 2.45) is 0 Å². The Morgan fingerprint density at radius 1 is 0.889 bits per heavy atom. The molecule has 0 atom stereocenters. The number of benzene rings is 1. The summed E-state index contributed by atoms with van der Waals surface area (Å²) in [6, 6.07) is 0. The first-order chi connectivity index (χ1) is 13.0. The first-order valence-corrected chi connectivity index (χ1v) is 10.3. The van der Waals surface area contributed by atoms with Crippen LogP contribution >= 0.6 is 22.6 Å². The highest BCUT2D eigenvalue weighted by atomic mass is 127. The third kappa shape index (κ3) is 6.73. The third-order valence-corrected chi connectivity index (χ3v) is 4.86. The van der Waals surface area contributed by atoms with E-state index in [2.05, 4.69) is 35.6 Å². The van der Waals surface area contributed by atoms with Crippen molar-refractivity contribution in [3.8, 4) is 23.0 Å².